The van der Waals surface area contributed by atoms with Crippen LogP contribution in [0, 0.1) is 5.82 Å². The van der Waals surface area contributed by atoms with Gasteiger partial charge in [0, 0.05) is 6.04 Å². The summed E-state index contributed by atoms with van der Waals surface area (Å²) in [5, 5.41) is 3.00. The second-order valence-corrected chi connectivity index (χ2v) is 3.40. The van der Waals surface area contributed by atoms with Crippen molar-refractivity contribution in [3.05, 3.63) is 35.6 Å². The summed E-state index contributed by atoms with van der Waals surface area (Å²) >= 11 is 0. The first kappa shape index (κ1) is 12.6. The number of carbonyl (C=O) groups is 1. The summed E-state index contributed by atoms with van der Waals surface area (Å²) < 4.78 is 17.6. The molecule has 0 saturated carbocycles. The number of ether oxygens (including phenoxy) is 1. The molecule has 0 radical (unpaired) electrons. The molecule has 0 aliphatic carbocycles. The Kier molecular flexibility index (Phi) is 4.92. The number of hydrogen-bond donors (Lipinski definition) is 1. The summed E-state index contributed by atoms with van der Waals surface area (Å²) in [5.74, 6) is -0.541. The van der Waals surface area contributed by atoms with Crippen molar-refractivity contribution in [1.82, 2.24) is 5.32 Å². The molecule has 0 aliphatic heterocycles. The molecule has 0 spiro atoms. The third-order valence-corrected chi connectivity index (χ3v) is 2.30. The molecule has 0 amide bonds. The smallest absolute Gasteiger partial charge is 0.307 e. The minimum atomic E-state index is -0.283. The fourth-order valence-electron chi connectivity index (χ4n) is 1.47. The molecule has 1 atom stereocenters. The van der Waals surface area contributed by atoms with Gasteiger partial charge in [-0.2, -0.15) is 0 Å². The first-order valence-electron chi connectivity index (χ1n) is 5.25. The van der Waals surface area contributed by atoms with Gasteiger partial charge >= 0.3 is 5.97 Å². The third-order valence-electron chi connectivity index (χ3n) is 2.30. The van der Waals surface area contributed by atoms with Crippen LogP contribution in [0.4, 0.5) is 4.39 Å². The van der Waals surface area contributed by atoms with E-state index in [4.69, 9.17) is 4.74 Å². The molecule has 0 bridgehead atoms. The van der Waals surface area contributed by atoms with Gasteiger partial charge < -0.3 is 10.1 Å². The van der Waals surface area contributed by atoms with E-state index in [9.17, 15) is 9.18 Å². The van der Waals surface area contributed by atoms with E-state index in [-0.39, 0.29) is 24.2 Å². The minimum absolute atomic E-state index is 0.139. The molecule has 0 saturated heterocycles. The van der Waals surface area contributed by atoms with Crippen molar-refractivity contribution in [3.8, 4) is 0 Å². The van der Waals surface area contributed by atoms with E-state index < -0.39 is 0 Å². The van der Waals surface area contributed by atoms with Crippen molar-refractivity contribution in [3.63, 3.8) is 0 Å². The molecule has 0 aromatic heterocycles. The maximum absolute atomic E-state index is 12.7. The Morgan fingerprint density at radius 2 is 2.06 bits per heavy atom. The minimum Gasteiger partial charge on any atom is -0.466 e. The lowest BCUT2D eigenvalue weighted by Gasteiger charge is -2.15. The molecule has 0 unspecified atom stereocenters. The van der Waals surface area contributed by atoms with Gasteiger partial charge in [-0.3, -0.25) is 4.79 Å². The van der Waals surface area contributed by atoms with Crippen LogP contribution in [0.1, 0.15) is 24.9 Å². The van der Waals surface area contributed by atoms with Gasteiger partial charge in [0.05, 0.1) is 13.0 Å². The van der Waals surface area contributed by atoms with Crippen LogP contribution in [0.25, 0.3) is 0 Å². The van der Waals surface area contributed by atoms with Gasteiger partial charge in [0.2, 0.25) is 0 Å². The molecule has 1 rings (SSSR count). The number of halogens is 1. The fourth-order valence-corrected chi connectivity index (χ4v) is 1.47. The van der Waals surface area contributed by atoms with Gasteiger partial charge in [0.25, 0.3) is 0 Å². The molecule has 0 fully saturated rings. The SMILES string of the molecule is CCOC(=O)C[C@H](NC)c1ccc(F)cc1. The number of nitrogens with one attached hydrogen (secondary N) is 1. The van der Waals surface area contributed by atoms with Crippen molar-refractivity contribution >= 4 is 5.97 Å². The highest BCUT2D eigenvalue weighted by Crippen LogP contribution is 2.17. The summed E-state index contributed by atoms with van der Waals surface area (Å²) in [6, 6.07) is 5.95. The van der Waals surface area contributed by atoms with Crippen molar-refractivity contribution in [2.24, 2.45) is 0 Å². The Labute approximate surface area is 94.6 Å². The lowest BCUT2D eigenvalue weighted by Crippen LogP contribution is -2.21. The standard InChI is InChI=1S/C12H16FNO2/c1-3-16-12(15)8-11(14-2)9-4-6-10(13)7-5-9/h4-7,11,14H,3,8H2,1-2H3/t11-/m0/s1. The highest BCUT2D eigenvalue weighted by atomic mass is 19.1. The number of esters is 1. The van der Waals surface area contributed by atoms with E-state index in [1.807, 2.05) is 0 Å². The number of carbonyl (C=O) groups excluding carboxylic acids is 1. The Bertz CT molecular complexity index is 337. The predicted molar refractivity (Wildman–Crippen MR) is 59.5 cm³/mol. The highest BCUT2D eigenvalue weighted by molar-refractivity contribution is 5.70. The fraction of sp³-hybridized carbons (Fsp3) is 0.417. The second-order valence-electron chi connectivity index (χ2n) is 3.40. The first-order chi connectivity index (χ1) is 7.67. The van der Waals surface area contributed by atoms with Crippen molar-refractivity contribution in [1.29, 1.82) is 0 Å². The Morgan fingerprint density at radius 1 is 1.44 bits per heavy atom. The monoisotopic (exact) mass is 225 g/mol. The van der Waals surface area contributed by atoms with Crippen molar-refractivity contribution in [2.45, 2.75) is 19.4 Å². The maximum Gasteiger partial charge on any atom is 0.307 e. The molecular weight excluding hydrogens is 209 g/mol. The normalized spacial score (nSPS) is 12.2. The zero-order chi connectivity index (χ0) is 12.0. The largest absolute Gasteiger partial charge is 0.466 e. The Hall–Kier alpha value is -1.42. The van der Waals surface area contributed by atoms with Gasteiger partial charge in [0.1, 0.15) is 5.82 Å². The van der Waals surface area contributed by atoms with E-state index in [0.29, 0.717) is 6.61 Å². The lowest BCUT2D eigenvalue weighted by molar-refractivity contribution is -0.143. The molecule has 3 nitrogen and oxygen atoms in total. The molecule has 1 N–H and O–H groups in total. The Balaban J connectivity index is 2.67. The first-order valence-corrected chi connectivity index (χ1v) is 5.25. The van der Waals surface area contributed by atoms with Gasteiger partial charge in [-0.05, 0) is 31.7 Å². The van der Waals surface area contributed by atoms with Gasteiger partial charge in [-0.15, -0.1) is 0 Å². The average Bonchev–Trinajstić information content (AvgIpc) is 2.27. The highest BCUT2D eigenvalue weighted by Gasteiger charge is 2.14. The van der Waals surface area contributed by atoms with Gasteiger partial charge in [0.15, 0.2) is 0 Å². The quantitative estimate of drug-likeness (QED) is 0.779. The summed E-state index contributed by atoms with van der Waals surface area (Å²) in [6.45, 7) is 2.14. The van der Waals surface area contributed by atoms with E-state index in [0.717, 1.165) is 5.56 Å². The van der Waals surface area contributed by atoms with Gasteiger partial charge in [-0.25, -0.2) is 4.39 Å². The molecule has 0 heterocycles. The summed E-state index contributed by atoms with van der Waals surface area (Å²) in [4.78, 5) is 11.3. The van der Waals surface area contributed by atoms with Crippen LogP contribution >= 0.6 is 0 Å². The summed E-state index contributed by atoms with van der Waals surface area (Å²) in [6.07, 6.45) is 0.246. The van der Waals surface area contributed by atoms with E-state index in [1.165, 1.54) is 12.1 Å². The average molecular weight is 225 g/mol. The Morgan fingerprint density at radius 3 is 2.56 bits per heavy atom. The van der Waals surface area contributed by atoms with Gasteiger partial charge in [-0.1, -0.05) is 12.1 Å². The molecule has 4 heteroatoms. The third kappa shape index (κ3) is 3.62. The summed E-state index contributed by atoms with van der Waals surface area (Å²) in [5.41, 5.74) is 0.872. The van der Waals surface area contributed by atoms with E-state index in [1.54, 1.807) is 26.1 Å². The molecule has 1 aromatic carbocycles. The molecule has 1 aromatic rings. The van der Waals surface area contributed by atoms with Crippen LogP contribution < -0.4 is 5.32 Å². The van der Waals surface area contributed by atoms with Crippen LogP contribution in [0.2, 0.25) is 0 Å². The van der Waals surface area contributed by atoms with E-state index >= 15 is 0 Å². The second kappa shape index (κ2) is 6.23. The van der Waals surface area contributed by atoms with Crippen molar-refractivity contribution in [2.75, 3.05) is 13.7 Å². The summed E-state index contributed by atoms with van der Waals surface area (Å²) in [7, 11) is 1.76. The predicted octanol–water partition coefficient (Wildman–Crippen LogP) is 2.04. The molecule has 88 valence electrons. The van der Waals surface area contributed by atoms with Crippen LogP contribution in [-0.2, 0) is 9.53 Å². The number of benzene rings is 1. The van der Waals surface area contributed by atoms with Crippen LogP contribution in [-0.4, -0.2) is 19.6 Å². The lowest BCUT2D eigenvalue weighted by atomic mass is 10.0. The molecular formula is C12H16FNO2. The number of hydrogen-bond acceptors (Lipinski definition) is 3. The molecule has 16 heavy (non-hydrogen) atoms. The van der Waals surface area contributed by atoms with Crippen LogP contribution in [0.3, 0.4) is 0 Å². The van der Waals surface area contributed by atoms with Crippen molar-refractivity contribution < 1.29 is 13.9 Å². The van der Waals surface area contributed by atoms with E-state index in [2.05, 4.69) is 5.32 Å². The van der Waals surface area contributed by atoms with Crippen LogP contribution in [0.15, 0.2) is 24.3 Å². The van der Waals surface area contributed by atoms with Crippen LogP contribution in [0.5, 0.6) is 0 Å². The molecule has 0 aliphatic rings. The topological polar surface area (TPSA) is 38.3 Å². The zero-order valence-electron chi connectivity index (χ0n) is 9.50. The zero-order valence-corrected chi connectivity index (χ0v) is 9.50. The maximum atomic E-state index is 12.7. The number of rotatable bonds is 5.